The number of primary amides is 1. The van der Waals surface area contributed by atoms with Gasteiger partial charge in [-0.3, -0.25) is 9.78 Å². The molecule has 9 heteroatoms. The summed E-state index contributed by atoms with van der Waals surface area (Å²) in [5.41, 5.74) is 15.1. The van der Waals surface area contributed by atoms with Crippen LogP contribution in [-0.4, -0.2) is 38.1 Å². The summed E-state index contributed by atoms with van der Waals surface area (Å²) in [5.74, 6) is 1.82. The molecule has 0 saturated carbocycles. The van der Waals surface area contributed by atoms with Gasteiger partial charge in [0.1, 0.15) is 28.7 Å². The SMILES string of the molecule is CC(Oc1cc2c3c(c1)nc(-c1ccc4nc(N)cnc4c1)n3CCCCO2)C(N)=O. The largest absolute Gasteiger partial charge is 0.491 e. The molecule has 0 fully saturated rings. The van der Waals surface area contributed by atoms with Crippen molar-refractivity contribution < 1.29 is 14.3 Å². The summed E-state index contributed by atoms with van der Waals surface area (Å²) in [4.78, 5) is 25.0. The van der Waals surface area contributed by atoms with Crippen LogP contribution in [0.2, 0.25) is 0 Å². The molecule has 31 heavy (non-hydrogen) atoms. The predicted molar refractivity (Wildman–Crippen MR) is 117 cm³/mol. The van der Waals surface area contributed by atoms with Crippen molar-refractivity contribution in [2.24, 2.45) is 5.73 Å². The van der Waals surface area contributed by atoms with E-state index in [4.69, 9.17) is 25.9 Å². The number of benzene rings is 2. The maximum atomic E-state index is 11.4. The van der Waals surface area contributed by atoms with Crippen LogP contribution in [0, 0.1) is 0 Å². The van der Waals surface area contributed by atoms with Gasteiger partial charge in [-0.25, -0.2) is 9.97 Å². The molecule has 3 heterocycles. The van der Waals surface area contributed by atoms with E-state index in [1.807, 2.05) is 24.3 Å². The normalized spacial score (nSPS) is 14.6. The summed E-state index contributed by atoms with van der Waals surface area (Å²) in [6, 6.07) is 9.42. The Morgan fingerprint density at radius 2 is 2.03 bits per heavy atom. The monoisotopic (exact) mass is 418 g/mol. The second kappa shape index (κ2) is 7.42. The second-order valence-corrected chi connectivity index (χ2v) is 7.59. The van der Waals surface area contributed by atoms with Gasteiger partial charge in [0.05, 0.1) is 29.4 Å². The van der Waals surface area contributed by atoms with Crippen LogP contribution in [0.15, 0.2) is 36.5 Å². The molecule has 0 spiro atoms. The molecule has 0 radical (unpaired) electrons. The Morgan fingerprint density at radius 3 is 2.87 bits per heavy atom. The highest BCUT2D eigenvalue weighted by Gasteiger charge is 2.21. The van der Waals surface area contributed by atoms with E-state index in [1.54, 1.807) is 19.2 Å². The number of hydrogen-bond donors (Lipinski definition) is 2. The van der Waals surface area contributed by atoms with Crippen LogP contribution in [0.4, 0.5) is 5.82 Å². The number of nitrogens with two attached hydrogens (primary N) is 2. The molecule has 1 aliphatic heterocycles. The Labute approximate surface area is 178 Å². The van der Waals surface area contributed by atoms with Gasteiger partial charge in [-0.1, -0.05) is 0 Å². The third-order valence-electron chi connectivity index (χ3n) is 5.35. The summed E-state index contributed by atoms with van der Waals surface area (Å²) in [5, 5.41) is 0. The van der Waals surface area contributed by atoms with Crippen molar-refractivity contribution in [3.05, 3.63) is 36.5 Å². The maximum Gasteiger partial charge on any atom is 0.258 e. The van der Waals surface area contributed by atoms with Crippen molar-refractivity contribution in [1.29, 1.82) is 0 Å². The van der Waals surface area contributed by atoms with E-state index < -0.39 is 12.0 Å². The molecule has 0 bridgehead atoms. The van der Waals surface area contributed by atoms with E-state index in [9.17, 15) is 4.79 Å². The van der Waals surface area contributed by atoms with Gasteiger partial charge in [-0.2, -0.15) is 0 Å². The first-order chi connectivity index (χ1) is 15.0. The lowest BCUT2D eigenvalue weighted by atomic mass is 10.1. The molecule has 1 amide bonds. The number of nitrogens with zero attached hydrogens (tertiary/aromatic N) is 4. The van der Waals surface area contributed by atoms with E-state index in [0.717, 1.165) is 52.8 Å². The molecule has 1 unspecified atom stereocenters. The summed E-state index contributed by atoms with van der Waals surface area (Å²) < 4.78 is 13.9. The van der Waals surface area contributed by atoms with Crippen molar-refractivity contribution in [2.75, 3.05) is 12.3 Å². The van der Waals surface area contributed by atoms with Gasteiger partial charge in [-0.05, 0) is 38.0 Å². The lowest BCUT2D eigenvalue weighted by molar-refractivity contribution is -0.123. The minimum atomic E-state index is -0.758. The Bertz CT molecular complexity index is 1320. The van der Waals surface area contributed by atoms with Gasteiger partial charge < -0.3 is 25.5 Å². The molecular formula is C22H22N6O3. The summed E-state index contributed by atoms with van der Waals surface area (Å²) >= 11 is 0. The molecule has 0 saturated heterocycles. The molecule has 0 aliphatic carbocycles. The molecular weight excluding hydrogens is 396 g/mol. The predicted octanol–water partition coefficient (Wildman–Crippen LogP) is 2.65. The van der Waals surface area contributed by atoms with Crippen molar-refractivity contribution in [3.8, 4) is 22.9 Å². The molecule has 4 N–H and O–H groups in total. The van der Waals surface area contributed by atoms with Gasteiger partial charge in [0.2, 0.25) is 0 Å². The smallest absolute Gasteiger partial charge is 0.258 e. The number of nitrogen functional groups attached to an aromatic ring is 1. The minimum Gasteiger partial charge on any atom is -0.491 e. The summed E-state index contributed by atoms with van der Waals surface area (Å²) in [6.45, 7) is 3.03. The van der Waals surface area contributed by atoms with E-state index in [0.29, 0.717) is 23.9 Å². The number of carbonyl (C=O) groups is 1. The lowest BCUT2D eigenvalue weighted by Crippen LogP contribution is -2.30. The van der Waals surface area contributed by atoms with Crippen LogP contribution in [0.5, 0.6) is 11.5 Å². The zero-order chi connectivity index (χ0) is 21.5. The van der Waals surface area contributed by atoms with Crippen LogP contribution in [0.3, 0.4) is 0 Å². The van der Waals surface area contributed by atoms with Crippen molar-refractivity contribution in [3.63, 3.8) is 0 Å². The number of fused-ring (bicyclic) bond motifs is 1. The van der Waals surface area contributed by atoms with Gasteiger partial charge in [0, 0.05) is 24.2 Å². The molecule has 5 rings (SSSR count). The highest BCUT2D eigenvalue weighted by Crippen LogP contribution is 2.37. The van der Waals surface area contributed by atoms with Crippen LogP contribution < -0.4 is 20.9 Å². The Morgan fingerprint density at radius 1 is 1.16 bits per heavy atom. The van der Waals surface area contributed by atoms with Crippen LogP contribution in [0.25, 0.3) is 33.5 Å². The van der Waals surface area contributed by atoms with E-state index in [2.05, 4.69) is 14.5 Å². The molecule has 1 aliphatic rings. The quantitative estimate of drug-likeness (QED) is 0.521. The van der Waals surface area contributed by atoms with E-state index in [1.165, 1.54) is 0 Å². The molecule has 158 valence electrons. The number of rotatable bonds is 4. The fourth-order valence-electron chi connectivity index (χ4n) is 3.80. The molecule has 2 aromatic heterocycles. The van der Waals surface area contributed by atoms with Gasteiger partial charge in [0.15, 0.2) is 6.10 Å². The lowest BCUT2D eigenvalue weighted by Gasteiger charge is -2.18. The highest BCUT2D eigenvalue weighted by atomic mass is 16.5. The van der Waals surface area contributed by atoms with E-state index in [-0.39, 0.29) is 0 Å². The molecule has 9 nitrogen and oxygen atoms in total. The zero-order valence-corrected chi connectivity index (χ0v) is 17.0. The van der Waals surface area contributed by atoms with Crippen LogP contribution in [0.1, 0.15) is 19.8 Å². The average molecular weight is 418 g/mol. The molecule has 1 atom stereocenters. The fraction of sp³-hybridized carbons (Fsp3) is 0.273. The second-order valence-electron chi connectivity index (χ2n) is 7.59. The van der Waals surface area contributed by atoms with E-state index >= 15 is 0 Å². The zero-order valence-electron chi connectivity index (χ0n) is 17.0. The Kier molecular flexibility index (Phi) is 4.58. The number of amides is 1. The van der Waals surface area contributed by atoms with Gasteiger partial charge in [-0.15, -0.1) is 0 Å². The first kappa shape index (κ1) is 19.1. The van der Waals surface area contributed by atoms with Crippen LogP contribution >= 0.6 is 0 Å². The number of aryl methyl sites for hydroxylation is 1. The van der Waals surface area contributed by atoms with Crippen molar-refractivity contribution >= 4 is 33.8 Å². The third-order valence-corrected chi connectivity index (χ3v) is 5.35. The topological polar surface area (TPSA) is 131 Å². The number of ether oxygens (including phenoxy) is 2. The average Bonchev–Trinajstić information content (AvgIpc) is 3.09. The molecule has 4 aromatic rings. The standard InChI is InChI=1S/C22H22N6O3/c1-12(21(24)29)31-14-9-17-20-18(10-14)30-7-3-2-6-28(20)22(27-17)13-4-5-15-16(8-13)25-11-19(23)26-15/h4-5,8-12H,2-3,6-7H2,1H3,(H2,23,26)(H2,24,29). The molecule has 2 aromatic carbocycles. The minimum absolute atomic E-state index is 0.383. The van der Waals surface area contributed by atoms with Crippen molar-refractivity contribution in [1.82, 2.24) is 19.5 Å². The Balaban J connectivity index is 1.67. The third kappa shape index (κ3) is 3.48. The highest BCUT2D eigenvalue weighted by molar-refractivity contribution is 5.89. The maximum absolute atomic E-state index is 11.4. The first-order valence-electron chi connectivity index (χ1n) is 10.2. The van der Waals surface area contributed by atoms with Gasteiger partial charge in [0.25, 0.3) is 5.91 Å². The van der Waals surface area contributed by atoms with Crippen LogP contribution in [-0.2, 0) is 11.3 Å². The fourth-order valence-corrected chi connectivity index (χ4v) is 3.80. The number of aromatic nitrogens is 4. The number of anilines is 1. The number of hydrogen-bond acceptors (Lipinski definition) is 7. The van der Waals surface area contributed by atoms with Crippen molar-refractivity contribution in [2.45, 2.75) is 32.4 Å². The number of imidazole rings is 1. The summed E-state index contributed by atoms with van der Waals surface area (Å²) in [6.07, 6.45) is 2.68. The number of carbonyl (C=O) groups excluding carboxylic acids is 1. The first-order valence-corrected chi connectivity index (χ1v) is 10.2. The summed E-state index contributed by atoms with van der Waals surface area (Å²) in [7, 11) is 0. The van der Waals surface area contributed by atoms with Gasteiger partial charge >= 0.3 is 0 Å². The Hall–Kier alpha value is -3.88.